The minimum Gasteiger partial charge on any atom is -0.402 e. The van der Waals surface area contributed by atoms with E-state index in [0.717, 1.165) is 16.8 Å². The summed E-state index contributed by atoms with van der Waals surface area (Å²) in [6.07, 6.45) is 5.63. The van der Waals surface area contributed by atoms with Crippen molar-refractivity contribution in [1.29, 1.82) is 0 Å². The zero-order valence-electron chi connectivity index (χ0n) is 8.59. The van der Waals surface area contributed by atoms with Crippen LogP contribution in [0.3, 0.4) is 0 Å². The van der Waals surface area contributed by atoms with E-state index in [4.69, 9.17) is 11.5 Å². The van der Waals surface area contributed by atoms with Crippen LogP contribution in [0.5, 0.6) is 0 Å². The van der Waals surface area contributed by atoms with Gasteiger partial charge in [-0.05, 0) is 44.1 Å². The molecule has 0 saturated heterocycles. The molecule has 0 heterocycles. The van der Waals surface area contributed by atoms with Crippen molar-refractivity contribution >= 4 is 0 Å². The van der Waals surface area contributed by atoms with Crippen molar-refractivity contribution in [2.45, 2.75) is 20.8 Å². The largest absolute Gasteiger partial charge is 0.402 e. The standard InChI is InChI=1S/C11H18N2/c1-8(5-6-10(3)12)9(2)7-11(4)13/h5-7H,3,12-13H2,1-2,4H3/b6-5+,9-8+,11-7-. The van der Waals surface area contributed by atoms with Crippen LogP contribution in [0, 0.1) is 0 Å². The molecular weight excluding hydrogens is 160 g/mol. The molecular formula is C11H18N2. The van der Waals surface area contributed by atoms with Crippen LogP contribution in [0.1, 0.15) is 20.8 Å². The monoisotopic (exact) mass is 178 g/mol. The van der Waals surface area contributed by atoms with Crippen LogP contribution >= 0.6 is 0 Å². The van der Waals surface area contributed by atoms with E-state index >= 15 is 0 Å². The second kappa shape index (κ2) is 5.25. The van der Waals surface area contributed by atoms with Crippen LogP contribution in [-0.4, -0.2) is 0 Å². The van der Waals surface area contributed by atoms with Gasteiger partial charge in [0.05, 0.1) is 0 Å². The van der Waals surface area contributed by atoms with E-state index in [1.54, 1.807) is 6.08 Å². The third-order valence-electron chi connectivity index (χ3n) is 1.61. The van der Waals surface area contributed by atoms with Gasteiger partial charge in [0.2, 0.25) is 0 Å². The van der Waals surface area contributed by atoms with Crippen molar-refractivity contribution in [3.8, 4) is 0 Å². The van der Waals surface area contributed by atoms with E-state index in [9.17, 15) is 0 Å². The molecule has 2 nitrogen and oxygen atoms in total. The Bertz CT molecular complexity index is 276. The Labute approximate surface area is 80.3 Å². The highest BCUT2D eigenvalue weighted by molar-refractivity contribution is 5.33. The Morgan fingerprint density at radius 3 is 1.92 bits per heavy atom. The summed E-state index contributed by atoms with van der Waals surface area (Å²) < 4.78 is 0. The third-order valence-corrected chi connectivity index (χ3v) is 1.61. The molecule has 2 heteroatoms. The lowest BCUT2D eigenvalue weighted by Gasteiger charge is -1.98. The van der Waals surface area contributed by atoms with Gasteiger partial charge in [-0.25, -0.2) is 0 Å². The fourth-order valence-corrected chi connectivity index (χ4v) is 0.819. The SMILES string of the molecule is C=C(N)/C=C/C(C)=C(C)/C=C(/C)N. The van der Waals surface area contributed by atoms with E-state index in [2.05, 4.69) is 6.58 Å². The summed E-state index contributed by atoms with van der Waals surface area (Å²) in [5.41, 5.74) is 14.6. The molecule has 0 aliphatic carbocycles. The maximum absolute atomic E-state index is 5.55. The van der Waals surface area contributed by atoms with E-state index in [0.29, 0.717) is 5.70 Å². The Balaban J connectivity index is 4.63. The highest BCUT2D eigenvalue weighted by Crippen LogP contribution is 2.07. The Morgan fingerprint density at radius 1 is 1.00 bits per heavy atom. The first-order valence-electron chi connectivity index (χ1n) is 4.17. The minimum atomic E-state index is 0.556. The molecule has 0 unspecified atom stereocenters. The molecule has 72 valence electrons. The molecule has 4 N–H and O–H groups in total. The van der Waals surface area contributed by atoms with E-state index in [-0.39, 0.29) is 0 Å². The molecule has 0 aromatic rings. The Hall–Kier alpha value is -1.44. The number of hydrogen-bond acceptors (Lipinski definition) is 2. The molecule has 0 saturated carbocycles. The van der Waals surface area contributed by atoms with Gasteiger partial charge < -0.3 is 11.5 Å². The average molecular weight is 178 g/mol. The first-order valence-corrected chi connectivity index (χ1v) is 4.17. The van der Waals surface area contributed by atoms with Crippen molar-refractivity contribution in [3.05, 3.63) is 47.3 Å². The highest BCUT2D eigenvalue weighted by Gasteiger charge is 1.89. The van der Waals surface area contributed by atoms with Crippen molar-refractivity contribution < 1.29 is 0 Å². The topological polar surface area (TPSA) is 52.0 Å². The van der Waals surface area contributed by atoms with Crippen LogP contribution in [0.15, 0.2) is 47.3 Å². The maximum Gasteiger partial charge on any atom is 0.0241 e. The van der Waals surface area contributed by atoms with Gasteiger partial charge in [-0.3, -0.25) is 0 Å². The molecule has 0 aliphatic rings. The smallest absolute Gasteiger partial charge is 0.0241 e. The molecule has 13 heavy (non-hydrogen) atoms. The average Bonchev–Trinajstić information content (AvgIpc) is 1.98. The number of hydrogen-bond donors (Lipinski definition) is 2. The summed E-state index contributed by atoms with van der Waals surface area (Å²) in [6, 6.07) is 0. The molecule has 0 aromatic carbocycles. The molecule has 0 atom stereocenters. The minimum absolute atomic E-state index is 0.556. The molecule has 0 radical (unpaired) electrons. The number of rotatable bonds is 3. The van der Waals surface area contributed by atoms with Crippen LogP contribution < -0.4 is 11.5 Å². The first kappa shape index (κ1) is 11.6. The zero-order chi connectivity index (χ0) is 10.4. The summed E-state index contributed by atoms with van der Waals surface area (Å²) in [6.45, 7) is 9.46. The van der Waals surface area contributed by atoms with Crippen molar-refractivity contribution in [2.75, 3.05) is 0 Å². The first-order chi connectivity index (χ1) is 5.93. The third kappa shape index (κ3) is 5.79. The normalized spacial score (nSPS) is 14.5. The lowest BCUT2D eigenvalue weighted by atomic mass is 10.1. The van der Waals surface area contributed by atoms with Crippen molar-refractivity contribution in [3.63, 3.8) is 0 Å². The van der Waals surface area contributed by atoms with Crippen LogP contribution in [0.2, 0.25) is 0 Å². The molecule has 0 rings (SSSR count). The quantitative estimate of drug-likeness (QED) is 0.651. The van der Waals surface area contributed by atoms with Gasteiger partial charge in [-0.1, -0.05) is 12.7 Å². The van der Waals surface area contributed by atoms with Gasteiger partial charge in [0.25, 0.3) is 0 Å². The van der Waals surface area contributed by atoms with Gasteiger partial charge in [0, 0.05) is 11.4 Å². The van der Waals surface area contributed by atoms with Gasteiger partial charge >= 0.3 is 0 Å². The number of nitrogens with two attached hydrogens (primary N) is 2. The summed E-state index contributed by atoms with van der Waals surface area (Å²) >= 11 is 0. The fourth-order valence-electron chi connectivity index (χ4n) is 0.819. The predicted octanol–water partition coefficient (Wildman–Crippen LogP) is 2.21. The van der Waals surface area contributed by atoms with Crippen molar-refractivity contribution in [2.24, 2.45) is 11.5 Å². The summed E-state index contributed by atoms with van der Waals surface area (Å²) in [7, 11) is 0. The lowest BCUT2D eigenvalue weighted by molar-refractivity contribution is 1.26. The van der Waals surface area contributed by atoms with Gasteiger partial charge in [0.15, 0.2) is 0 Å². The highest BCUT2D eigenvalue weighted by atomic mass is 14.5. The molecule has 0 aromatic heterocycles. The Kier molecular flexibility index (Phi) is 4.67. The van der Waals surface area contributed by atoms with E-state index < -0.39 is 0 Å². The molecule has 0 fully saturated rings. The van der Waals surface area contributed by atoms with Crippen LogP contribution in [0.25, 0.3) is 0 Å². The Morgan fingerprint density at radius 2 is 1.54 bits per heavy atom. The zero-order valence-corrected chi connectivity index (χ0v) is 8.59. The second-order valence-electron chi connectivity index (χ2n) is 3.16. The summed E-state index contributed by atoms with van der Waals surface area (Å²) in [5.74, 6) is 0. The van der Waals surface area contributed by atoms with E-state index in [1.165, 1.54) is 0 Å². The molecule has 0 spiro atoms. The molecule has 0 bridgehead atoms. The van der Waals surface area contributed by atoms with Gasteiger partial charge in [-0.2, -0.15) is 0 Å². The van der Waals surface area contributed by atoms with Crippen LogP contribution in [0.4, 0.5) is 0 Å². The fraction of sp³-hybridized carbons (Fsp3) is 0.273. The second-order valence-corrected chi connectivity index (χ2v) is 3.16. The van der Waals surface area contributed by atoms with E-state index in [1.807, 2.05) is 32.9 Å². The lowest BCUT2D eigenvalue weighted by Crippen LogP contribution is -1.92. The molecule has 0 aliphatic heterocycles. The predicted molar refractivity (Wildman–Crippen MR) is 58.8 cm³/mol. The molecule has 0 amide bonds. The maximum atomic E-state index is 5.55. The van der Waals surface area contributed by atoms with Crippen LogP contribution in [-0.2, 0) is 0 Å². The summed E-state index contributed by atoms with van der Waals surface area (Å²) in [5, 5.41) is 0. The van der Waals surface area contributed by atoms with Crippen molar-refractivity contribution in [1.82, 2.24) is 0 Å². The summed E-state index contributed by atoms with van der Waals surface area (Å²) in [4.78, 5) is 0. The number of allylic oxidation sites excluding steroid dienone is 6. The van der Waals surface area contributed by atoms with Gasteiger partial charge in [-0.15, -0.1) is 0 Å². The van der Waals surface area contributed by atoms with Gasteiger partial charge in [0.1, 0.15) is 0 Å².